The van der Waals surface area contributed by atoms with E-state index in [1.165, 1.54) is 10.4 Å². The van der Waals surface area contributed by atoms with E-state index < -0.39 is 18.4 Å². The van der Waals surface area contributed by atoms with Crippen molar-refractivity contribution in [2.45, 2.75) is 35.6 Å². The molecule has 0 spiro atoms. The van der Waals surface area contributed by atoms with Gasteiger partial charge in [-0.1, -0.05) is 0 Å². The van der Waals surface area contributed by atoms with Crippen molar-refractivity contribution in [3.63, 3.8) is 0 Å². The molecule has 0 N–H and O–H groups in total. The van der Waals surface area contributed by atoms with E-state index >= 15 is 0 Å². The van der Waals surface area contributed by atoms with E-state index in [2.05, 4.69) is 35.6 Å². The van der Waals surface area contributed by atoms with E-state index in [4.69, 9.17) is 0 Å². The molecule has 0 fully saturated rings. The molecule has 0 bridgehead atoms. The van der Waals surface area contributed by atoms with Crippen LogP contribution in [0.1, 0.15) is 16.0 Å². The van der Waals surface area contributed by atoms with Gasteiger partial charge in [-0.25, -0.2) is 0 Å². The van der Waals surface area contributed by atoms with E-state index in [1.807, 2.05) is 11.3 Å². The molecule has 0 aromatic carbocycles. The summed E-state index contributed by atoms with van der Waals surface area (Å²) in [6.45, 7) is 6.78. The minimum atomic E-state index is -1.78. The summed E-state index contributed by atoms with van der Waals surface area (Å²) in [5.74, 6) is 0. The van der Waals surface area contributed by atoms with Crippen molar-refractivity contribution in [1.29, 1.82) is 0 Å². The summed E-state index contributed by atoms with van der Waals surface area (Å²) in [6, 6.07) is 0. The van der Waals surface area contributed by atoms with E-state index in [1.54, 1.807) is 8.46 Å². The minimum absolute atomic E-state index is 1.52. The summed E-state index contributed by atoms with van der Waals surface area (Å²) in [4.78, 5) is 9.00. The number of hydrogen-bond acceptors (Lipinski definition) is 1. The molecule has 0 nitrogen and oxygen atoms in total. The Balaban J connectivity index is 3.28. The Labute approximate surface area is 83.9 Å². The van der Waals surface area contributed by atoms with Gasteiger partial charge in [0.15, 0.2) is 0 Å². The molecule has 0 radical (unpaired) electrons. The molecule has 12 heavy (non-hydrogen) atoms. The van der Waals surface area contributed by atoms with Gasteiger partial charge in [0.2, 0.25) is 0 Å². The third-order valence-corrected chi connectivity index (χ3v) is 13.4. The quantitative estimate of drug-likeness (QED) is 0.696. The van der Waals surface area contributed by atoms with Crippen LogP contribution in [-0.4, -0.2) is 18.4 Å². The molecule has 0 saturated heterocycles. The van der Waals surface area contributed by atoms with Crippen LogP contribution in [0.15, 0.2) is 0 Å². The molecule has 0 aliphatic heterocycles. The Kier molecular flexibility index (Phi) is 2.94. The standard InChI is InChI=1S/C7H9S.3CH3.Sn/c1-5-4-8-7(3)6(5)2;;;;/h1-3H3;3*1H3;. The van der Waals surface area contributed by atoms with Crippen molar-refractivity contribution in [3.05, 3.63) is 16.0 Å². The maximum absolute atomic E-state index is 2.49. The Morgan fingerprint density at radius 1 is 0.917 bits per heavy atom. The van der Waals surface area contributed by atoms with Gasteiger partial charge >= 0.3 is 84.2 Å². The van der Waals surface area contributed by atoms with Crippen LogP contribution in [0.5, 0.6) is 0 Å². The molecule has 0 unspecified atom stereocenters. The molecule has 2 heteroatoms. The maximum atomic E-state index is 2.49. The van der Waals surface area contributed by atoms with Crippen LogP contribution in [0.25, 0.3) is 0 Å². The molecule has 1 heterocycles. The van der Waals surface area contributed by atoms with Gasteiger partial charge in [-0.3, -0.25) is 0 Å². The summed E-state index contributed by atoms with van der Waals surface area (Å²) in [7, 11) is 0. The number of hydrogen-bond donors (Lipinski definition) is 0. The first-order valence-electron chi connectivity index (χ1n) is 4.41. The third kappa shape index (κ3) is 1.87. The molecule has 0 saturated carbocycles. The first-order chi connectivity index (χ1) is 5.34. The van der Waals surface area contributed by atoms with Crippen molar-refractivity contribution in [2.24, 2.45) is 0 Å². The SMILES string of the molecule is Cc1s[c]([Sn]([CH3])([CH3])[CH3])c(C)c1C. The predicted octanol–water partition coefficient (Wildman–Crippen LogP) is 3.22. The molecule has 1 rings (SSSR count). The summed E-state index contributed by atoms with van der Waals surface area (Å²) >= 11 is 0.263. The Morgan fingerprint density at radius 3 is 1.58 bits per heavy atom. The van der Waals surface area contributed by atoms with Crippen LogP contribution in [0.3, 0.4) is 0 Å². The van der Waals surface area contributed by atoms with Gasteiger partial charge in [0, 0.05) is 0 Å². The fourth-order valence-electron chi connectivity index (χ4n) is 1.46. The van der Waals surface area contributed by atoms with Crippen LogP contribution in [0.2, 0.25) is 14.8 Å². The van der Waals surface area contributed by atoms with Crippen LogP contribution >= 0.6 is 11.3 Å². The Hall–Kier alpha value is 0.499. The van der Waals surface area contributed by atoms with E-state index in [0.717, 1.165) is 0 Å². The van der Waals surface area contributed by atoms with Crippen LogP contribution in [-0.2, 0) is 0 Å². The summed E-state index contributed by atoms with van der Waals surface area (Å²) in [6.07, 6.45) is 0. The number of rotatable bonds is 1. The van der Waals surface area contributed by atoms with Gasteiger partial charge in [-0.2, -0.15) is 0 Å². The molecule has 0 amide bonds. The average molecular weight is 289 g/mol. The molecule has 68 valence electrons. The monoisotopic (exact) mass is 290 g/mol. The zero-order chi connectivity index (χ0) is 9.52. The summed E-state index contributed by atoms with van der Waals surface area (Å²) in [5.41, 5.74) is 3.11. The molecule has 0 aliphatic carbocycles. The van der Waals surface area contributed by atoms with E-state index in [9.17, 15) is 0 Å². The fourth-order valence-corrected chi connectivity index (χ4v) is 10.4. The number of aryl methyl sites for hydroxylation is 1. The second-order valence-electron chi connectivity index (χ2n) is 4.49. The van der Waals surface area contributed by atoms with Crippen LogP contribution in [0, 0.1) is 20.8 Å². The average Bonchev–Trinajstić information content (AvgIpc) is 2.15. The first-order valence-corrected chi connectivity index (χ1v) is 15.2. The van der Waals surface area contributed by atoms with Crippen molar-refractivity contribution in [2.75, 3.05) is 0 Å². The molecule has 1 aromatic rings. The first kappa shape index (κ1) is 10.6. The Morgan fingerprint density at radius 2 is 1.42 bits per heavy atom. The Bertz CT molecular complexity index is 292. The van der Waals surface area contributed by atoms with Gasteiger partial charge < -0.3 is 0 Å². The van der Waals surface area contributed by atoms with Crippen molar-refractivity contribution in [3.8, 4) is 0 Å². The summed E-state index contributed by atoms with van der Waals surface area (Å²) in [5, 5.41) is 0. The van der Waals surface area contributed by atoms with Gasteiger partial charge in [0.1, 0.15) is 0 Å². The second kappa shape index (κ2) is 3.33. The summed E-state index contributed by atoms with van der Waals surface area (Å²) < 4.78 is 1.75. The van der Waals surface area contributed by atoms with Gasteiger partial charge in [-0.05, 0) is 0 Å². The number of thiophene rings is 1. The zero-order valence-corrected chi connectivity index (χ0v) is 12.6. The fraction of sp³-hybridized carbons (Fsp3) is 0.600. The van der Waals surface area contributed by atoms with Crippen molar-refractivity contribution >= 4 is 32.6 Å². The van der Waals surface area contributed by atoms with E-state index in [0.29, 0.717) is 0 Å². The van der Waals surface area contributed by atoms with Crippen LogP contribution < -0.4 is 2.89 Å². The van der Waals surface area contributed by atoms with Gasteiger partial charge in [-0.15, -0.1) is 0 Å². The van der Waals surface area contributed by atoms with Crippen molar-refractivity contribution < 1.29 is 0 Å². The third-order valence-electron chi connectivity index (χ3n) is 2.37. The van der Waals surface area contributed by atoms with E-state index in [-0.39, 0.29) is 0 Å². The van der Waals surface area contributed by atoms with Crippen molar-refractivity contribution in [1.82, 2.24) is 0 Å². The molecule has 0 aliphatic rings. The van der Waals surface area contributed by atoms with Crippen LogP contribution in [0.4, 0.5) is 0 Å². The van der Waals surface area contributed by atoms with Gasteiger partial charge in [0.25, 0.3) is 0 Å². The topological polar surface area (TPSA) is 0 Å². The molecule has 0 atom stereocenters. The molecule has 1 aromatic heterocycles. The predicted molar refractivity (Wildman–Crippen MR) is 61.5 cm³/mol. The molecular weight excluding hydrogens is 271 g/mol. The zero-order valence-electron chi connectivity index (χ0n) is 8.91. The van der Waals surface area contributed by atoms with Gasteiger partial charge in [0.05, 0.1) is 0 Å². The normalized spacial score (nSPS) is 12.2. The molecular formula is C10H18SSn. The second-order valence-corrected chi connectivity index (χ2v) is 21.0.